The largest absolute Gasteiger partial charge is 0.385 e. The van der Waals surface area contributed by atoms with Crippen molar-refractivity contribution in [2.45, 2.75) is 12.8 Å². The zero-order valence-corrected chi connectivity index (χ0v) is 11.4. The Morgan fingerprint density at radius 1 is 1.25 bits per heavy atom. The van der Waals surface area contributed by atoms with Crippen molar-refractivity contribution in [3.63, 3.8) is 0 Å². The minimum Gasteiger partial charge on any atom is -0.385 e. The maximum absolute atomic E-state index is 3.57. The van der Waals surface area contributed by atoms with Crippen LogP contribution in [0.2, 0.25) is 0 Å². The van der Waals surface area contributed by atoms with Crippen molar-refractivity contribution in [1.82, 2.24) is 0 Å². The van der Waals surface area contributed by atoms with Gasteiger partial charge in [-0.15, -0.1) is 0 Å². The Bertz CT molecular complexity index is 413. The molecule has 2 aliphatic carbocycles. The summed E-state index contributed by atoms with van der Waals surface area (Å²) in [5, 5.41) is 3.57. The molecule has 1 aromatic carbocycles. The number of halogens is 1. The van der Waals surface area contributed by atoms with Crippen molar-refractivity contribution in [1.29, 1.82) is 0 Å². The molecule has 0 heterocycles. The van der Waals surface area contributed by atoms with Gasteiger partial charge >= 0.3 is 0 Å². The lowest BCUT2D eigenvalue weighted by Crippen LogP contribution is -2.18. The Morgan fingerprint density at radius 3 is 2.88 bits per heavy atom. The van der Waals surface area contributed by atoms with Crippen LogP contribution in [0, 0.1) is 21.3 Å². The zero-order valence-electron chi connectivity index (χ0n) is 9.20. The van der Waals surface area contributed by atoms with E-state index in [4.69, 9.17) is 0 Å². The van der Waals surface area contributed by atoms with E-state index in [9.17, 15) is 0 Å². The smallest absolute Gasteiger partial charge is 0.0350 e. The third-order valence-corrected chi connectivity index (χ3v) is 4.48. The van der Waals surface area contributed by atoms with Crippen LogP contribution in [-0.4, -0.2) is 6.54 Å². The average molecular weight is 325 g/mol. The van der Waals surface area contributed by atoms with Crippen LogP contribution in [0.15, 0.2) is 36.4 Å². The number of anilines is 1. The summed E-state index contributed by atoms with van der Waals surface area (Å²) in [5.74, 6) is 2.58. The maximum Gasteiger partial charge on any atom is 0.0350 e. The van der Waals surface area contributed by atoms with Crippen LogP contribution in [-0.2, 0) is 0 Å². The van der Waals surface area contributed by atoms with Crippen molar-refractivity contribution in [2.24, 2.45) is 17.8 Å². The van der Waals surface area contributed by atoms with Gasteiger partial charge in [0.15, 0.2) is 0 Å². The second-order valence-electron chi connectivity index (χ2n) is 4.93. The van der Waals surface area contributed by atoms with Gasteiger partial charge in [0, 0.05) is 15.8 Å². The van der Waals surface area contributed by atoms with Crippen molar-refractivity contribution in [3.8, 4) is 0 Å². The molecule has 0 amide bonds. The monoisotopic (exact) mass is 325 g/mol. The molecule has 1 fully saturated rings. The Kier molecular flexibility index (Phi) is 2.92. The molecule has 3 rings (SSSR count). The number of nitrogens with one attached hydrogen (secondary N) is 1. The van der Waals surface area contributed by atoms with E-state index in [1.807, 2.05) is 0 Å². The van der Waals surface area contributed by atoms with E-state index in [0.717, 1.165) is 24.3 Å². The van der Waals surface area contributed by atoms with Gasteiger partial charge in [0.05, 0.1) is 0 Å². The lowest BCUT2D eigenvalue weighted by atomic mass is 9.93. The topological polar surface area (TPSA) is 12.0 Å². The predicted octanol–water partition coefficient (Wildman–Crippen LogP) is 3.92. The van der Waals surface area contributed by atoms with Gasteiger partial charge in [-0.05, 0) is 71.4 Å². The standard InChI is InChI=1S/C14H16IN/c15-13-2-1-3-14(8-13)16-9-12-7-10-4-5-11(12)6-10/h1-5,8,10-12,16H,6-7,9H2. The number of allylic oxidation sites excluding steroid dienone is 2. The third kappa shape index (κ3) is 2.12. The highest BCUT2D eigenvalue weighted by Gasteiger charge is 2.35. The van der Waals surface area contributed by atoms with Gasteiger partial charge in [-0.25, -0.2) is 0 Å². The van der Waals surface area contributed by atoms with Crippen LogP contribution < -0.4 is 5.32 Å². The first-order valence-corrected chi connectivity index (χ1v) is 7.07. The van der Waals surface area contributed by atoms with Crippen molar-refractivity contribution >= 4 is 28.3 Å². The Morgan fingerprint density at radius 2 is 2.19 bits per heavy atom. The van der Waals surface area contributed by atoms with Crippen LogP contribution in [0.3, 0.4) is 0 Å². The number of rotatable bonds is 3. The number of benzene rings is 1. The van der Waals surface area contributed by atoms with Crippen LogP contribution in [0.25, 0.3) is 0 Å². The van der Waals surface area contributed by atoms with E-state index in [0.29, 0.717) is 0 Å². The van der Waals surface area contributed by atoms with Gasteiger partial charge in [0.2, 0.25) is 0 Å². The molecule has 2 bridgehead atoms. The first kappa shape index (κ1) is 10.6. The first-order chi connectivity index (χ1) is 7.81. The Labute approximate surface area is 110 Å². The van der Waals surface area contributed by atoms with Crippen LogP contribution in [0.4, 0.5) is 5.69 Å². The zero-order chi connectivity index (χ0) is 11.0. The molecule has 2 heteroatoms. The Hall–Kier alpha value is -0.510. The van der Waals surface area contributed by atoms with Crippen LogP contribution >= 0.6 is 22.6 Å². The summed E-state index contributed by atoms with van der Waals surface area (Å²) in [5.41, 5.74) is 1.26. The Balaban J connectivity index is 1.59. The molecule has 2 aliphatic rings. The van der Waals surface area contributed by atoms with Gasteiger partial charge in [0.1, 0.15) is 0 Å². The molecule has 16 heavy (non-hydrogen) atoms. The van der Waals surface area contributed by atoms with Crippen molar-refractivity contribution in [3.05, 3.63) is 40.0 Å². The minimum atomic E-state index is 0.847. The molecule has 0 radical (unpaired) electrons. The van der Waals surface area contributed by atoms with Gasteiger partial charge in [-0.3, -0.25) is 0 Å². The number of hydrogen-bond acceptors (Lipinski definition) is 1. The summed E-state index contributed by atoms with van der Waals surface area (Å²) in [6, 6.07) is 8.62. The second kappa shape index (κ2) is 4.40. The highest BCUT2D eigenvalue weighted by molar-refractivity contribution is 14.1. The number of hydrogen-bond donors (Lipinski definition) is 1. The fraction of sp³-hybridized carbons (Fsp3) is 0.429. The van der Waals surface area contributed by atoms with Gasteiger partial charge in [0.25, 0.3) is 0 Å². The van der Waals surface area contributed by atoms with Crippen LogP contribution in [0.5, 0.6) is 0 Å². The second-order valence-corrected chi connectivity index (χ2v) is 6.18. The third-order valence-electron chi connectivity index (χ3n) is 3.81. The minimum absolute atomic E-state index is 0.847. The molecule has 3 unspecified atom stereocenters. The molecule has 3 atom stereocenters. The van der Waals surface area contributed by atoms with E-state index in [1.54, 1.807) is 0 Å². The fourth-order valence-corrected chi connectivity index (χ4v) is 3.52. The lowest BCUT2D eigenvalue weighted by Gasteiger charge is -2.19. The van der Waals surface area contributed by atoms with E-state index in [2.05, 4.69) is 64.3 Å². The van der Waals surface area contributed by atoms with E-state index in [-0.39, 0.29) is 0 Å². The number of fused-ring (bicyclic) bond motifs is 2. The first-order valence-electron chi connectivity index (χ1n) is 5.99. The van der Waals surface area contributed by atoms with Gasteiger partial charge in [-0.1, -0.05) is 18.2 Å². The molecule has 84 valence electrons. The highest BCUT2D eigenvalue weighted by Crippen LogP contribution is 2.43. The summed E-state index contributed by atoms with van der Waals surface area (Å²) < 4.78 is 1.30. The van der Waals surface area contributed by atoms with Crippen molar-refractivity contribution < 1.29 is 0 Å². The molecular weight excluding hydrogens is 309 g/mol. The predicted molar refractivity (Wildman–Crippen MR) is 76.5 cm³/mol. The van der Waals surface area contributed by atoms with Gasteiger partial charge < -0.3 is 5.32 Å². The van der Waals surface area contributed by atoms with Gasteiger partial charge in [-0.2, -0.15) is 0 Å². The molecule has 1 N–H and O–H groups in total. The van der Waals surface area contributed by atoms with Crippen LogP contribution in [0.1, 0.15) is 12.8 Å². The van der Waals surface area contributed by atoms with Crippen molar-refractivity contribution in [2.75, 3.05) is 11.9 Å². The summed E-state index contributed by atoms with van der Waals surface area (Å²) in [4.78, 5) is 0. The molecule has 0 aromatic heterocycles. The normalized spacial score (nSPS) is 30.9. The lowest BCUT2D eigenvalue weighted by molar-refractivity contribution is 0.472. The molecule has 1 nitrogen and oxygen atoms in total. The molecule has 1 aromatic rings. The molecule has 1 saturated carbocycles. The van der Waals surface area contributed by atoms with E-state index in [1.165, 1.54) is 22.1 Å². The molecule has 0 saturated heterocycles. The summed E-state index contributed by atoms with van der Waals surface area (Å²) >= 11 is 2.36. The van der Waals surface area contributed by atoms with E-state index >= 15 is 0 Å². The summed E-state index contributed by atoms with van der Waals surface area (Å²) in [6.07, 6.45) is 7.62. The highest BCUT2D eigenvalue weighted by atomic mass is 127. The summed E-state index contributed by atoms with van der Waals surface area (Å²) in [6.45, 7) is 1.13. The molecule has 0 aliphatic heterocycles. The summed E-state index contributed by atoms with van der Waals surface area (Å²) in [7, 11) is 0. The fourth-order valence-electron chi connectivity index (χ4n) is 2.98. The van der Waals surface area contributed by atoms with E-state index < -0.39 is 0 Å². The molecular formula is C14H16IN. The SMILES string of the molecule is Ic1cccc(NCC2CC3C=CC2C3)c1. The molecule has 0 spiro atoms. The quantitative estimate of drug-likeness (QED) is 0.656. The maximum atomic E-state index is 3.57. The average Bonchev–Trinajstić information content (AvgIpc) is 2.88.